The first-order valence-electron chi connectivity index (χ1n) is 8.52. The van der Waals surface area contributed by atoms with E-state index >= 15 is 0 Å². The molecule has 1 saturated heterocycles. The molecule has 3 rings (SSSR count). The molecule has 0 radical (unpaired) electrons. The van der Waals surface area contributed by atoms with Gasteiger partial charge in [-0.1, -0.05) is 22.0 Å². The van der Waals surface area contributed by atoms with Gasteiger partial charge >= 0.3 is 0 Å². The monoisotopic (exact) mass is 432 g/mol. The van der Waals surface area contributed by atoms with Crippen LogP contribution in [-0.2, 0) is 9.59 Å². The molecule has 1 aliphatic heterocycles. The molecule has 7 heteroatoms. The van der Waals surface area contributed by atoms with E-state index in [1.807, 2.05) is 25.1 Å². The third-order valence-electron chi connectivity index (χ3n) is 4.63. The van der Waals surface area contributed by atoms with Crippen molar-refractivity contribution >= 4 is 39.1 Å². The molecule has 2 amide bonds. The zero-order valence-electron chi connectivity index (χ0n) is 15.4. The summed E-state index contributed by atoms with van der Waals surface area (Å²) in [6.45, 7) is 2.22. The average molecular weight is 433 g/mol. The Labute approximate surface area is 166 Å². The summed E-state index contributed by atoms with van der Waals surface area (Å²) in [6, 6.07) is 11.0. The number of carbonyl (C=O) groups excluding carboxylic acids is 2. The highest BCUT2D eigenvalue weighted by Crippen LogP contribution is 2.36. The summed E-state index contributed by atoms with van der Waals surface area (Å²) < 4.78 is 11.5. The van der Waals surface area contributed by atoms with Gasteiger partial charge in [-0.15, -0.1) is 0 Å². The minimum absolute atomic E-state index is 0.118. The number of ether oxygens (including phenoxy) is 2. The number of amides is 2. The van der Waals surface area contributed by atoms with Crippen LogP contribution in [0.3, 0.4) is 0 Å². The van der Waals surface area contributed by atoms with Gasteiger partial charge in [-0.05, 0) is 36.8 Å². The Morgan fingerprint density at radius 2 is 1.96 bits per heavy atom. The number of rotatable bonds is 5. The summed E-state index contributed by atoms with van der Waals surface area (Å²) in [7, 11) is 3.11. The molecule has 1 fully saturated rings. The third kappa shape index (κ3) is 4.08. The van der Waals surface area contributed by atoms with E-state index in [1.54, 1.807) is 37.3 Å². The second-order valence-electron chi connectivity index (χ2n) is 6.39. The lowest BCUT2D eigenvalue weighted by molar-refractivity contribution is -0.122. The maximum absolute atomic E-state index is 12.7. The largest absolute Gasteiger partial charge is 0.497 e. The van der Waals surface area contributed by atoms with Gasteiger partial charge in [0.2, 0.25) is 11.8 Å². The van der Waals surface area contributed by atoms with Gasteiger partial charge in [-0.25, -0.2) is 0 Å². The van der Waals surface area contributed by atoms with Gasteiger partial charge in [0.15, 0.2) is 0 Å². The molecule has 1 heterocycles. The van der Waals surface area contributed by atoms with Gasteiger partial charge < -0.3 is 19.7 Å². The zero-order valence-corrected chi connectivity index (χ0v) is 17.0. The Hall–Kier alpha value is -2.54. The Balaban J connectivity index is 1.79. The van der Waals surface area contributed by atoms with Gasteiger partial charge in [-0.2, -0.15) is 0 Å². The number of nitrogens with one attached hydrogen (secondary N) is 1. The Morgan fingerprint density at radius 1 is 1.19 bits per heavy atom. The average Bonchev–Trinajstić information content (AvgIpc) is 3.05. The van der Waals surface area contributed by atoms with Crippen LogP contribution < -0.4 is 19.7 Å². The number of aryl methyl sites for hydroxylation is 1. The van der Waals surface area contributed by atoms with Crippen LogP contribution in [0, 0.1) is 12.8 Å². The molecule has 0 bridgehead atoms. The van der Waals surface area contributed by atoms with Crippen LogP contribution in [0.4, 0.5) is 11.4 Å². The van der Waals surface area contributed by atoms with Gasteiger partial charge in [-0.3, -0.25) is 9.59 Å². The number of hydrogen-bond acceptors (Lipinski definition) is 4. The number of nitrogens with zero attached hydrogens (tertiary/aromatic N) is 1. The molecular formula is C20H21BrN2O4. The van der Waals surface area contributed by atoms with Crippen LogP contribution >= 0.6 is 15.9 Å². The molecule has 1 unspecified atom stereocenters. The van der Waals surface area contributed by atoms with E-state index in [1.165, 1.54) is 0 Å². The fraction of sp³-hybridized carbons (Fsp3) is 0.300. The summed E-state index contributed by atoms with van der Waals surface area (Å²) in [5.41, 5.74) is 2.30. The van der Waals surface area contributed by atoms with Crippen LogP contribution in [0.15, 0.2) is 40.9 Å². The molecule has 1 aliphatic rings. The lowest BCUT2D eigenvalue weighted by Gasteiger charge is -2.20. The van der Waals surface area contributed by atoms with Crippen LogP contribution in [0.2, 0.25) is 0 Å². The number of hydrogen-bond donors (Lipinski definition) is 1. The molecule has 0 spiro atoms. The Bertz CT molecular complexity index is 884. The first kappa shape index (κ1) is 19.2. The number of halogens is 1. The van der Waals surface area contributed by atoms with Crippen molar-refractivity contribution in [1.82, 2.24) is 0 Å². The molecule has 0 saturated carbocycles. The van der Waals surface area contributed by atoms with E-state index in [2.05, 4.69) is 21.2 Å². The highest BCUT2D eigenvalue weighted by molar-refractivity contribution is 9.10. The number of benzene rings is 2. The minimum atomic E-state index is -0.438. The SMILES string of the molecule is COc1ccc(OC)c(N2CC(C(=O)Nc3cc(Br)ccc3C)CC2=O)c1. The number of anilines is 2. The fourth-order valence-electron chi connectivity index (χ4n) is 3.09. The van der Waals surface area contributed by atoms with E-state index in [4.69, 9.17) is 9.47 Å². The van der Waals surface area contributed by atoms with Crippen molar-refractivity contribution in [2.75, 3.05) is 31.0 Å². The molecular weight excluding hydrogens is 412 g/mol. The number of methoxy groups -OCH3 is 2. The van der Waals surface area contributed by atoms with E-state index < -0.39 is 5.92 Å². The molecule has 27 heavy (non-hydrogen) atoms. The lowest BCUT2D eigenvalue weighted by Crippen LogP contribution is -2.28. The molecule has 1 N–H and O–H groups in total. The van der Waals surface area contributed by atoms with Crippen molar-refractivity contribution in [2.45, 2.75) is 13.3 Å². The molecule has 6 nitrogen and oxygen atoms in total. The third-order valence-corrected chi connectivity index (χ3v) is 5.12. The first-order chi connectivity index (χ1) is 12.9. The highest BCUT2D eigenvalue weighted by atomic mass is 79.9. The molecule has 142 valence electrons. The van der Waals surface area contributed by atoms with Gasteiger partial charge in [0, 0.05) is 29.2 Å². The zero-order chi connectivity index (χ0) is 19.6. The van der Waals surface area contributed by atoms with E-state index in [9.17, 15) is 9.59 Å². The fourth-order valence-corrected chi connectivity index (χ4v) is 3.45. The maximum atomic E-state index is 12.7. The first-order valence-corrected chi connectivity index (χ1v) is 9.31. The smallest absolute Gasteiger partial charge is 0.229 e. The van der Waals surface area contributed by atoms with Crippen molar-refractivity contribution < 1.29 is 19.1 Å². The molecule has 0 aliphatic carbocycles. The topological polar surface area (TPSA) is 67.9 Å². The van der Waals surface area contributed by atoms with Crippen molar-refractivity contribution in [3.63, 3.8) is 0 Å². The second-order valence-corrected chi connectivity index (χ2v) is 7.31. The van der Waals surface area contributed by atoms with E-state index in [-0.39, 0.29) is 18.2 Å². The van der Waals surface area contributed by atoms with Crippen LogP contribution in [0.25, 0.3) is 0 Å². The molecule has 2 aromatic carbocycles. The molecule has 2 aromatic rings. The highest BCUT2D eigenvalue weighted by Gasteiger charge is 2.36. The van der Waals surface area contributed by atoms with Gasteiger partial charge in [0.05, 0.1) is 25.8 Å². The van der Waals surface area contributed by atoms with Crippen molar-refractivity contribution in [1.29, 1.82) is 0 Å². The normalized spacial score (nSPS) is 16.4. The maximum Gasteiger partial charge on any atom is 0.229 e. The van der Waals surface area contributed by atoms with Crippen LogP contribution in [0.5, 0.6) is 11.5 Å². The van der Waals surface area contributed by atoms with Crippen molar-refractivity contribution in [3.8, 4) is 11.5 Å². The van der Waals surface area contributed by atoms with Crippen molar-refractivity contribution in [3.05, 3.63) is 46.4 Å². The van der Waals surface area contributed by atoms with Gasteiger partial charge in [0.25, 0.3) is 0 Å². The standard InChI is InChI=1S/C20H21BrN2O4/c1-12-4-5-14(21)9-16(12)22-20(25)13-8-19(24)23(11-13)17-10-15(26-2)6-7-18(17)27-3/h4-7,9-10,13H,8,11H2,1-3H3,(H,22,25). The Kier molecular flexibility index (Phi) is 5.70. The quantitative estimate of drug-likeness (QED) is 0.780. The summed E-state index contributed by atoms with van der Waals surface area (Å²) in [5.74, 6) is 0.456. The molecule has 0 aromatic heterocycles. The van der Waals surface area contributed by atoms with E-state index in [0.29, 0.717) is 23.7 Å². The summed E-state index contributed by atoms with van der Waals surface area (Å²) >= 11 is 3.41. The summed E-state index contributed by atoms with van der Waals surface area (Å²) in [4.78, 5) is 26.9. The minimum Gasteiger partial charge on any atom is -0.497 e. The van der Waals surface area contributed by atoms with Crippen LogP contribution in [0.1, 0.15) is 12.0 Å². The predicted octanol–water partition coefficient (Wildman–Crippen LogP) is 3.77. The second kappa shape index (κ2) is 8.00. The van der Waals surface area contributed by atoms with Crippen LogP contribution in [-0.4, -0.2) is 32.6 Å². The summed E-state index contributed by atoms with van der Waals surface area (Å²) in [5, 5.41) is 2.93. The summed E-state index contributed by atoms with van der Waals surface area (Å²) in [6.07, 6.45) is 0.152. The number of carbonyl (C=O) groups is 2. The van der Waals surface area contributed by atoms with Gasteiger partial charge in [0.1, 0.15) is 11.5 Å². The Morgan fingerprint density at radius 3 is 2.67 bits per heavy atom. The van der Waals surface area contributed by atoms with Crippen molar-refractivity contribution in [2.24, 2.45) is 5.92 Å². The van der Waals surface area contributed by atoms with E-state index in [0.717, 1.165) is 15.7 Å². The lowest BCUT2D eigenvalue weighted by atomic mass is 10.1. The molecule has 1 atom stereocenters. The predicted molar refractivity (Wildman–Crippen MR) is 108 cm³/mol.